The van der Waals surface area contributed by atoms with Gasteiger partial charge >= 0.3 is 0 Å². The third kappa shape index (κ3) is 4.29. The van der Waals surface area contributed by atoms with Crippen molar-refractivity contribution >= 4 is 16.7 Å². The summed E-state index contributed by atoms with van der Waals surface area (Å²) < 4.78 is 6.05. The van der Waals surface area contributed by atoms with Crippen LogP contribution in [0.15, 0.2) is 60.7 Å². The molecule has 0 aliphatic heterocycles. The number of benzene rings is 3. The van der Waals surface area contributed by atoms with Crippen molar-refractivity contribution in [2.75, 3.05) is 0 Å². The monoisotopic (exact) mass is 387 g/mol. The minimum absolute atomic E-state index is 0.00768. The summed E-state index contributed by atoms with van der Waals surface area (Å²) in [5, 5.41) is 5.33. The number of hydrogen-bond acceptors (Lipinski definition) is 2. The lowest BCUT2D eigenvalue weighted by Crippen LogP contribution is -2.38. The van der Waals surface area contributed by atoms with E-state index in [0.29, 0.717) is 0 Å². The molecule has 3 aromatic rings. The van der Waals surface area contributed by atoms with Gasteiger partial charge in [-0.25, -0.2) is 0 Å². The minimum Gasteiger partial charge on any atom is -0.480 e. The Morgan fingerprint density at radius 1 is 1.00 bits per heavy atom. The van der Waals surface area contributed by atoms with Crippen molar-refractivity contribution in [1.82, 2.24) is 5.32 Å². The van der Waals surface area contributed by atoms with Gasteiger partial charge in [0.2, 0.25) is 0 Å². The van der Waals surface area contributed by atoms with Gasteiger partial charge in [-0.05, 0) is 67.2 Å². The number of carbonyl (C=O) groups excluding carboxylic acids is 1. The molecule has 1 aliphatic rings. The molecule has 0 spiro atoms. The smallest absolute Gasteiger partial charge is 0.261 e. The molecule has 1 aliphatic carbocycles. The maximum Gasteiger partial charge on any atom is 0.261 e. The van der Waals surface area contributed by atoms with Gasteiger partial charge in [0.15, 0.2) is 6.10 Å². The van der Waals surface area contributed by atoms with E-state index >= 15 is 0 Å². The van der Waals surface area contributed by atoms with Crippen molar-refractivity contribution in [2.45, 2.75) is 58.1 Å². The molecule has 3 nitrogen and oxygen atoms in total. The largest absolute Gasteiger partial charge is 0.480 e. The van der Waals surface area contributed by atoms with Crippen LogP contribution < -0.4 is 10.1 Å². The van der Waals surface area contributed by atoms with Gasteiger partial charge in [-0.15, -0.1) is 0 Å². The van der Waals surface area contributed by atoms with E-state index < -0.39 is 6.10 Å². The van der Waals surface area contributed by atoms with Crippen LogP contribution in [-0.2, 0) is 17.6 Å². The number of aryl methyl sites for hydroxylation is 2. The third-order valence-corrected chi connectivity index (χ3v) is 5.92. The van der Waals surface area contributed by atoms with E-state index in [2.05, 4.69) is 42.6 Å². The lowest BCUT2D eigenvalue weighted by atomic mass is 9.89. The topological polar surface area (TPSA) is 38.3 Å². The molecule has 0 bridgehead atoms. The van der Waals surface area contributed by atoms with E-state index in [1.807, 2.05) is 37.3 Å². The van der Waals surface area contributed by atoms with Gasteiger partial charge in [0.1, 0.15) is 5.75 Å². The number of fused-ring (bicyclic) bond motifs is 2. The van der Waals surface area contributed by atoms with E-state index in [9.17, 15) is 4.79 Å². The maximum absolute atomic E-state index is 12.9. The van der Waals surface area contributed by atoms with Gasteiger partial charge in [-0.3, -0.25) is 4.79 Å². The normalized spacial score (nSPS) is 15.4. The SMILES string of the molecule is CC[C@H](NC(=O)[C@@H](C)Oc1cccc2ccccc12)c1ccc2c(c1)CCCC2. The quantitative estimate of drug-likeness (QED) is 0.584. The Hall–Kier alpha value is -2.81. The van der Waals surface area contributed by atoms with Gasteiger partial charge in [-0.2, -0.15) is 0 Å². The second-order valence-corrected chi connectivity index (χ2v) is 7.94. The van der Waals surface area contributed by atoms with Gasteiger partial charge < -0.3 is 10.1 Å². The molecule has 1 amide bonds. The molecule has 150 valence electrons. The summed E-state index contributed by atoms with van der Waals surface area (Å²) in [6.45, 7) is 3.93. The standard InChI is InChI=1S/C26H29NO2/c1-3-24(22-16-15-19-9-4-5-11-21(19)17-22)27-26(28)18(2)29-25-14-8-12-20-10-6-7-13-23(20)25/h6-8,10,12-18,24H,3-5,9,11H2,1-2H3,(H,27,28)/t18-,24+/m1/s1. The van der Waals surface area contributed by atoms with Crippen molar-refractivity contribution < 1.29 is 9.53 Å². The number of rotatable bonds is 6. The molecule has 1 N–H and O–H groups in total. The molecule has 29 heavy (non-hydrogen) atoms. The van der Waals surface area contributed by atoms with Gasteiger partial charge in [0, 0.05) is 5.39 Å². The van der Waals surface area contributed by atoms with Crippen molar-refractivity contribution in [3.05, 3.63) is 77.4 Å². The first-order chi connectivity index (χ1) is 14.2. The second-order valence-electron chi connectivity index (χ2n) is 7.94. The number of ether oxygens (including phenoxy) is 1. The Kier molecular flexibility index (Phi) is 5.84. The predicted molar refractivity (Wildman–Crippen MR) is 118 cm³/mol. The molecule has 0 aromatic heterocycles. The number of carbonyl (C=O) groups is 1. The van der Waals surface area contributed by atoms with Crippen LogP contribution in [0, 0.1) is 0 Å². The van der Waals surface area contributed by atoms with Crippen LogP contribution in [0.5, 0.6) is 5.75 Å². The molecule has 0 saturated carbocycles. The van der Waals surface area contributed by atoms with Crippen LogP contribution in [0.25, 0.3) is 10.8 Å². The summed E-state index contributed by atoms with van der Waals surface area (Å²) >= 11 is 0. The Morgan fingerprint density at radius 2 is 1.76 bits per heavy atom. The zero-order chi connectivity index (χ0) is 20.2. The number of hydrogen-bond donors (Lipinski definition) is 1. The highest BCUT2D eigenvalue weighted by molar-refractivity contribution is 5.89. The molecular formula is C26H29NO2. The summed E-state index contributed by atoms with van der Waals surface area (Å²) in [5.74, 6) is 0.662. The summed E-state index contributed by atoms with van der Waals surface area (Å²) in [6.07, 6.45) is 5.15. The summed E-state index contributed by atoms with van der Waals surface area (Å²) in [4.78, 5) is 12.9. The fourth-order valence-corrected chi connectivity index (χ4v) is 4.22. The molecule has 3 aromatic carbocycles. The third-order valence-electron chi connectivity index (χ3n) is 5.92. The van der Waals surface area contributed by atoms with Crippen LogP contribution in [0.3, 0.4) is 0 Å². The van der Waals surface area contributed by atoms with E-state index in [1.165, 1.54) is 36.0 Å². The Morgan fingerprint density at radius 3 is 2.59 bits per heavy atom. The predicted octanol–water partition coefficient (Wildman–Crippen LogP) is 5.75. The van der Waals surface area contributed by atoms with Crippen LogP contribution in [0.2, 0.25) is 0 Å². The molecule has 0 heterocycles. The molecule has 2 atom stereocenters. The first kappa shape index (κ1) is 19.5. The molecule has 0 unspecified atom stereocenters. The zero-order valence-corrected chi connectivity index (χ0v) is 17.3. The Labute approximate surface area is 173 Å². The molecule has 0 fully saturated rings. The van der Waals surface area contributed by atoms with Gasteiger partial charge in [0.25, 0.3) is 5.91 Å². The number of nitrogens with one attached hydrogen (secondary N) is 1. The van der Waals surface area contributed by atoms with E-state index in [1.54, 1.807) is 0 Å². The average Bonchev–Trinajstić information content (AvgIpc) is 2.77. The van der Waals surface area contributed by atoms with Crippen LogP contribution in [0.4, 0.5) is 0 Å². The Balaban J connectivity index is 1.47. The molecule has 0 saturated heterocycles. The zero-order valence-electron chi connectivity index (χ0n) is 17.3. The molecule has 4 rings (SSSR count). The average molecular weight is 388 g/mol. The second kappa shape index (κ2) is 8.69. The lowest BCUT2D eigenvalue weighted by Gasteiger charge is -2.23. The van der Waals surface area contributed by atoms with E-state index in [4.69, 9.17) is 4.74 Å². The van der Waals surface area contributed by atoms with E-state index in [-0.39, 0.29) is 11.9 Å². The van der Waals surface area contributed by atoms with Crippen molar-refractivity contribution in [3.8, 4) is 5.75 Å². The Bertz CT molecular complexity index is 1010. The van der Waals surface area contributed by atoms with Crippen LogP contribution >= 0.6 is 0 Å². The minimum atomic E-state index is -0.563. The summed E-state index contributed by atoms with van der Waals surface area (Å²) in [5.41, 5.74) is 4.11. The van der Waals surface area contributed by atoms with Crippen LogP contribution in [-0.4, -0.2) is 12.0 Å². The van der Waals surface area contributed by atoms with Crippen molar-refractivity contribution in [2.24, 2.45) is 0 Å². The van der Waals surface area contributed by atoms with Crippen LogP contribution in [0.1, 0.15) is 55.8 Å². The highest BCUT2D eigenvalue weighted by Crippen LogP contribution is 2.28. The highest BCUT2D eigenvalue weighted by atomic mass is 16.5. The first-order valence-electron chi connectivity index (χ1n) is 10.7. The fourth-order valence-electron chi connectivity index (χ4n) is 4.22. The molecular weight excluding hydrogens is 358 g/mol. The van der Waals surface area contributed by atoms with Crippen molar-refractivity contribution in [3.63, 3.8) is 0 Å². The number of amides is 1. The van der Waals surface area contributed by atoms with Gasteiger partial charge in [0.05, 0.1) is 6.04 Å². The van der Waals surface area contributed by atoms with Gasteiger partial charge in [-0.1, -0.05) is 61.5 Å². The summed E-state index contributed by atoms with van der Waals surface area (Å²) in [6, 6.07) is 20.7. The summed E-state index contributed by atoms with van der Waals surface area (Å²) in [7, 11) is 0. The first-order valence-corrected chi connectivity index (χ1v) is 10.7. The molecule has 0 radical (unpaired) electrons. The fraction of sp³-hybridized carbons (Fsp3) is 0.346. The lowest BCUT2D eigenvalue weighted by molar-refractivity contribution is -0.128. The molecule has 3 heteroatoms. The van der Waals surface area contributed by atoms with Crippen molar-refractivity contribution in [1.29, 1.82) is 0 Å². The highest BCUT2D eigenvalue weighted by Gasteiger charge is 2.21. The maximum atomic E-state index is 12.9. The van der Waals surface area contributed by atoms with E-state index in [0.717, 1.165) is 29.4 Å².